The number of phosphoric acid groups is 1. The molecular weight excluding hydrogens is 355 g/mol. The van der Waals surface area contributed by atoms with Crippen molar-refractivity contribution < 1.29 is 24.0 Å². The minimum Gasteiger partial charge on any atom is -0.389 e. The van der Waals surface area contributed by atoms with Crippen LogP contribution in [-0.4, -0.2) is 45.6 Å². The second-order valence-electron chi connectivity index (χ2n) is 6.39. The third-order valence-corrected chi connectivity index (χ3v) is 4.75. The number of phosphoric ester groups is 1. The Bertz CT molecular complexity index is 318. The van der Waals surface area contributed by atoms with Gasteiger partial charge in [-0.3, -0.25) is 4.52 Å². The lowest BCUT2D eigenvalue weighted by molar-refractivity contribution is 0.0989. The molecule has 0 spiro atoms. The molecule has 9 heteroatoms. The lowest BCUT2D eigenvalue weighted by atomic mass is 9.97. The Morgan fingerprint density at radius 2 is 1.33 bits per heavy atom. The van der Waals surface area contributed by atoms with Crippen molar-refractivity contribution in [1.82, 2.24) is 0 Å². The van der Waals surface area contributed by atoms with Crippen molar-refractivity contribution in [2.24, 2.45) is 11.5 Å². The molecule has 7 N–H and O–H groups in total. The normalized spacial score (nSPS) is 21.1. The van der Waals surface area contributed by atoms with E-state index in [2.05, 4.69) is 4.52 Å². The molecule has 2 aliphatic rings. The zero-order chi connectivity index (χ0) is 18.4. The summed E-state index contributed by atoms with van der Waals surface area (Å²) in [5, 5.41) is 8.62. The zero-order valence-electron chi connectivity index (χ0n) is 14.4. The molecule has 0 bridgehead atoms. The van der Waals surface area contributed by atoms with Crippen LogP contribution in [0.2, 0.25) is 0 Å². The van der Waals surface area contributed by atoms with E-state index in [-0.39, 0.29) is 5.88 Å². The molecule has 146 valence electrons. The third kappa shape index (κ3) is 17.1. The molecule has 1 atom stereocenters. The maximum Gasteiger partial charge on any atom is 0.469 e. The van der Waals surface area contributed by atoms with Crippen molar-refractivity contribution in [3.63, 3.8) is 0 Å². The molecule has 2 rings (SSSR count). The molecule has 2 aliphatic carbocycles. The van der Waals surface area contributed by atoms with Crippen molar-refractivity contribution in [3.05, 3.63) is 0 Å². The minimum atomic E-state index is -4.45. The number of halogens is 1. The number of rotatable bonds is 4. The van der Waals surface area contributed by atoms with Crippen molar-refractivity contribution >= 4 is 19.4 Å². The molecular formula is C15H34ClN2O5P. The van der Waals surface area contributed by atoms with E-state index < -0.39 is 20.5 Å². The smallest absolute Gasteiger partial charge is 0.389 e. The van der Waals surface area contributed by atoms with Crippen LogP contribution in [0, 0.1) is 0 Å². The van der Waals surface area contributed by atoms with Gasteiger partial charge in [-0.15, -0.1) is 11.6 Å². The van der Waals surface area contributed by atoms with Crippen LogP contribution in [0.25, 0.3) is 0 Å². The van der Waals surface area contributed by atoms with Crippen molar-refractivity contribution in [2.75, 3.05) is 12.5 Å². The van der Waals surface area contributed by atoms with E-state index in [1.165, 1.54) is 64.2 Å². The van der Waals surface area contributed by atoms with Gasteiger partial charge in [-0.1, -0.05) is 38.5 Å². The topological polar surface area (TPSA) is 139 Å². The average molecular weight is 389 g/mol. The fraction of sp³-hybridized carbons (Fsp3) is 1.00. The van der Waals surface area contributed by atoms with Crippen LogP contribution < -0.4 is 11.5 Å². The van der Waals surface area contributed by atoms with E-state index in [1.807, 2.05) is 0 Å². The van der Waals surface area contributed by atoms with Gasteiger partial charge in [0.25, 0.3) is 0 Å². The molecule has 1 unspecified atom stereocenters. The predicted octanol–water partition coefficient (Wildman–Crippen LogP) is 2.25. The van der Waals surface area contributed by atoms with Crippen LogP contribution in [0.4, 0.5) is 0 Å². The number of hydrogen-bond donors (Lipinski definition) is 5. The minimum absolute atomic E-state index is 0.111. The van der Waals surface area contributed by atoms with Crippen LogP contribution in [0.3, 0.4) is 0 Å². The maximum absolute atomic E-state index is 9.97. The van der Waals surface area contributed by atoms with Gasteiger partial charge in [0, 0.05) is 12.1 Å². The van der Waals surface area contributed by atoms with Gasteiger partial charge in [-0.2, -0.15) is 0 Å². The van der Waals surface area contributed by atoms with Crippen molar-refractivity contribution in [2.45, 2.75) is 82.4 Å². The van der Waals surface area contributed by atoms with E-state index in [9.17, 15) is 4.57 Å². The highest BCUT2D eigenvalue weighted by atomic mass is 35.5. The van der Waals surface area contributed by atoms with E-state index in [0.717, 1.165) is 0 Å². The first-order chi connectivity index (χ1) is 11.2. The Balaban J connectivity index is 0.000000337. The van der Waals surface area contributed by atoms with Gasteiger partial charge in [0.2, 0.25) is 0 Å². The van der Waals surface area contributed by atoms with Crippen LogP contribution >= 0.6 is 19.4 Å². The summed E-state index contributed by atoms with van der Waals surface area (Å²) in [5.41, 5.74) is 11.3. The molecule has 0 heterocycles. The molecule has 0 aliphatic heterocycles. The summed E-state index contributed by atoms with van der Waals surface area (Å²) >= 11 is 5.10. The predicted molar refractivity (Wildman–Crippen MR) is 96.8 cm³/mol. The molecule has 0 saturated heterocycles. The Kier molecular flexibility index (Phi) is 14.6. The molecule has 24 heavy (non-hydrogen) atoms. The first-order valence-electron chi connectivity index (χ1n) is 8.70. The fourth-order valence-corrected chi connectivity index (χ4v) is 2.95. The average Bonchev–Trinajstić information content (AvgIpc) is 2.54. The summed E-state index contributed by atoms with van der Waals surface area (Å²) in [6, 6.07) is 1.07. The van der Waals surface area contributed by atoms with E-state index >= 15 is 0 Å². The summed E-state index contributed by atoms with van der Waals surface area (Å²) in [5.74, 6) is -0.111. The first kappa shape index (κ1) is 24.3. The number of nitrogens with two attached hydrogens (primary N) is 2. The number of aliphatic hydroxyl groups excluding tert-OH is 1. The molecule has 0 aromatic heterocycles. The zero-order valence-corrected chi connectivity index (χ0v) is 16.0. The summed E-state index contributed by atoms with van der Waals surface area (Å²) in [4.78, 5) is 16.2. The van der Waals surface area contributed by atoms with Gasteiger partial charge in [0.15, 0.2) is 0 Å². The first-order valence-corrected chi connectivity index (χ1v) is 10.8. The van der Waals surface area contributed by atoms with E-state index in [1.54, 1.807) is 0 Å². The van der Waals surface area contributed by atoms with Gasteiger partial charge in [-0.05, 0) is 25.7 Å². The molecule has 0 radical (unpaired) electrons. The largest absolute Gasteiger partial charge is 0.469 e. The van der Waals surface area contributed by atoms with Gasteiger partial charge >= 0.3 is 7.82 Å². The summed E-state index contributed by atoms with van der Waals surface area (Å²) in [6.45, 7) is -0.451. The lowest BCUT2D eigenvalue weighted by Gasteiger charge is -2.15. The second-order valence-corrected chi connectivity index (χ2v) is 7.94. The highest BCUT2D eigenvalue weighted by molar-refractivity contribution is 7.46. The Morgan fingerprint density at radius 1 is 0.958 bits per heavy atom. The van der Waals surface area contributed by atoms with Gasteiger partial charge in [0.05, 0.1) is 18.6 Å². The molecule has 7 nitrogen and oxygen atoms in total. The van der Waals surface area contributed by atoms with Crippen LogP contribution in [0.5, 0.6) is 0 Å². The lowest BCUT2D eigenvalue weighted by Crippen LogP contribution is -2.22. The number of alkyl halides is 1. The fourth-order valence-electron chi connectivity index (χ4n) is 2.50. The van der Waals surface area contributed by atoms with Crippen molar-refractivity contribution in [1.29, 1.82) is 0 Å². The van der Waals surface area contributed by atoms with Gasteiger partial charge < -0.3 is 26.4 Å². The van der Waals surface area contributed by atoms with E-state index in [0.29, 0.717) is 12.1 Å². The van der Waals surface area contributed by atoms with Crippen molar-refractivity contribution in [3.8, 4) is 0 Å². The van der Waals surface area contributed by atoms with Crippen LogP contribution in [0.15, 0.2) is 0 Å². The quantitative estimate of drug-likeness (QED) is 0.367. The summed E-state index contributed by atoms with van der Waals surface area (Å²) in [6.07, 6.45) is 12.3. The molecule has 0 amide bonds. The number of hydrogen-bond acceptors (Lipinski definition) is 5. The Hall–Kier alpha value is 0.280. The maximum atomic E-state index is 9.97. The highest BCUT2D eigenvalue weighted by Gasteiger charge is 2.15. The second kappa shape index (κ2) is 14.4. The molecule has 2 saturated carbocycles. The number of aliphatic hydroxyl groups is 1. The molecule has 0 aromatic rings. The van der Waals surface area contributed by atoms with Gasteiger partial charge in [-0.25, -0.2) is 4.57 Å². The highest BCUT2D eigenvalue weighted by Crippen LogP contribution is 2.35. The van der Waals surface area contributed by atoms with E-state index in [4.69, 9.17) is 38.0 Å². The molecule has 2 fully saturated rings. The van der Waals surface area contributed by atoms with Crippen LogP contribution in [-0.2, 0) is 9.09 Å². The molecule has 0 aromatic carbocycles. The SMILES string of the molecule is NC1CCCCC1.NC1CCCCC1.O=P(O)(O)OCC(O)CCl. The monoisotopic (exact) mass is 388 g/mol. The van der Waals surface area contributed by atoms with Gasteiger partial charge in [0.1, 0.15) is 0 Å². The Labute approximate surface area is 150 Å². The third-order valence-electron chi connectivity index (χ3n) is 3.91. The Morgan fingerprint density at radius 3 is 1.54 bits per heavy atom. The standard InChI is InChI=1S/2C6H13N.C3H8ClO5P/c2*7-6-4-2-1-3-5-6;4-1-3(5)2-9-10(6,7)8/h2*6H,1-5,7H2;3,5H,1-2H2,(H2,6,7,8). The summed E-state index contributed by atoms with van der Waals surface area (Å²) < 4.78 is 13.9. The summed E-state index contributed by atoms with van der Waals surface area (Å²) in [7, 11) is -4.45. The van der Waals surface area contributed by atoms with Crippen LogP contribution in [0.1, 0.15) is 64.2 Å².